The van der Waals surface area contributed by atoms with Crippen LogP contribution in [-0.2, 0) is 4.79 Å². The van der Waals surface area contributed by atoms with Gasteiger partial charge in [0.2, 0.25) is 0 Å². The second-order valence-electron chi connectivity index (χ2n) is 3.12. The van der Waals surface area contributed by atoms with Gasteiger partial charge in [0.15, 0.2) is 0 Å². The summed E-state index contributed by atoms with van der Waals surface area (Å²) in [5, 5.41) is 11.6. The van der Waals surface area contributed by atoms with Crippen LogP contribution in [0.2, 0.25) is 0 Å². The summed E-state index contributed by atoms with van der Waals surface area (Å²) in [6.45, 7) is 3.33. The highest BCUT2D eigenvalue weighted by molar-refractivity contribution is 9.10. The van der Waals surface area contributed by atoms with Crippen molar-refractivity contribution < 1.29 is 9.90 Å². The van der Waals surface area contributed by atoms with Crippen LogP contribution in [0.15, 0.2) is 22.7 Å². The molecule has 76 valence electrons. The largest absolute Gasteiger partial charge is 0.384 e. The van der Waals surface area contributed by atoms with Crippen molar-refractivity contribution in [2.24, 2.45) is 0 Å². The molecule has 2 N–H and O–H groups in total. The van der Waals surface area contributed by atoms with Crippen molar-refractivity contribution in [2.45, 2.75) is 20.0 Å². The zero-order chi connectivity index (χ0) is 10.7. The van der Waals surface area contributed by atoms with Crippen LogP contribution in [0.1, 0.15) is 12.5 Å². The van der Waals surface area contributed by atoms with E-state index in [4.69, 9.17) is 5.11 Å². The van der Waals surface area contributed by atoms with Crippen LogP contribution < -0.4 is 5.32 Å². The lowest BCUT2D eigenvalue weighted by Gasteiger charge is -2.09. The molecule has 3 nitrogen and oxygen atoms in total. The van der Waals surface area contributed by atoms with Gasteiger partial charge in [-0.2, -0.15) is 0 Å². The molecular formula is C10H12BrNO2. The first kappa shape index (κ1) is 11.2. The van der Waals surface area contributed by atoms with E-state index in [0.717, 1.165) is 15.7 Å². The molecule has 14 heavy (non-hydrogen) atoms. The summed E-state index contributed by atoms with van der Waals surface area (Å²) in [4.78, 5) is 11.2. The lowest BCUT2D eigenvalue weighted by molar-refractivity contribution is -0.123. The number of amides is 1. The molecule has 1 amide bonds. The van der Waals surface area contributed by atoms with E-state index in [9.17, 15) is 4.79 Å². The third kappa shape index (κ3) is 2.82. The van der Waals surface area contributed by atoms with E-state index in [1.807, 2.05) is 19.1 Å². The highest BCUT2D eigenvalue weighted by atomic mass is 79.9. The quantitative estimate of drug-likeness (QED) is 0.853. The molecular weight excluding hydrogens is 246 g/mol. The Labute approximate surface area is 91.3 Å². The Morgan fingerprint density at radius 1 is 1.57 bits per heavy atom. The van der Waals surface area contributed by atoms with Crippen molar-refractivity contribution in [3.05, 3.63) is 28.2 Å². The molecule has 0 aromatic heterocycles. The number of hydrogen-bond acceptors (Lipinski definition) is 2. The van der Waals surface area contributed by atoms with Gasteiger partial charge in [-0.05, 0) is 37.6 Å². The minimum absolute atomic E-state index is 0.393. The molecule has 0 aliphatic carbocycles. The van der Waals surface area contributed by atoms with Crippen molar-refractivity contribution in [3.63, 3.8) is 0 Å². The van der Waals surface area contributed by atoms with Gasteiger partial charge in [-0.15, -0.1) is 0 Å². The van der Waals surface area contributed by atoms with E-state index < -0.39 is 12.0 Å². The van der Waals surface area contributed by atoms with Gasteiger partial charge in [0, 0.05) is 10.2 Å². The average Bonchev–Trinajstić information content (AvgIpc) is 2.09. The topological polar surface area (TPSA) is 49.3 Å². The second kappa shape index (κ2) is 4.57. The van der Waals surface area contributed by atoms with Crippen LogP contribution in [0.3, 0.4) is 0 Å². The minimum Gasteiger partial charge on any atom is -0.384 e. The van der Waals surface area contributed by atoms with Crippen LogP contribution >= 0.6 is 15.9 Å². The Bertz CT molecular complexity index is 350. The van der Waals surface area contributed by atoms with Crippen LogP contribution in [0, 0.1) is 6.92 Å². The van der Waals surface area contributed by atoms with Crippen molar-refractivity contribution >= 4 is 27.5 Å². The number of rotatable bonds is 2. The standard InChI is InChI=1S/C10H12BrNO2/c1-6-5-8(11)3-4-9(6)12-10(14)7(2)13/h3-5,7,13H,1-2H3,(H,12,14). The first-order valence-electron chi connectivity index (χ1n) is 4.26. The lowest BCUT2D eigenvalue weighted by Crippen LogP contribution is -2.24. The molecule has 0 bridgehead atoms. The summed E-state index contributed by atoms with van der Waals surface area (Å²) in [5.74, 6) is -0.393. The second-order valence-corrected chi connectivity index (χ2v) is 4.04. The van der Waals surface area contributed by atoms with Gasteiger partial charge >= 0.3 is 0 Å². The molecule has 0 spiro atoms. The summed E-state index contributed by atoms with van der Waals surface area (Å²) >= 11 is 3.33. The van der Waals surface area contributed by atoms with Gasteiger partial charge in [0.1, 0.15) is 6.10 Å². The lowest BCUT2D eigenvalue weighted by atomic mass is 10.2. The van der Waals surface area contributed by atoms with Crippen LogP contribution in [0.5, 0.6) is 0 Å². The van der Waals surface area contributed by atoms with Gasteiger partial charge in [-0.1, -0.05) is 15.9 Å². The fraction of sp³-hybridized carbons (Fsp3) is 0.300. The zero-order valence-electron chi connectivity index (χ0n) is 8.04. The van der Waals surface area contributed by atoms with Crippen molar-refractivity contribution in [2.75, 3.05) is 5.32 Å². The van der Waals surface area contributed by atoms with Crippen LogP contribution in [0.4, 0.5) is 5.69 Å². The fourth-order valence-electron chi connectivity index (χ4n) is 1.00. The molecule has 0 saturated carbocycles. The Morgan fingerprint density at radius 3 is 2.71 bits per heavy atom. The Morgan fingerprint density at radius 2 is 2.21 bits per heavy atom. The maximum atomic E-state index is 11.2. The number of aryl methyl sites for hydroxylation is 1. The molecule has 0 aliphatic heterocycles. The summed E-state index contributed by atoms with van der Waals surface area (Å²) in [6, 6.07) is 5.53. The highest BCUT2D eigenvalue weighted by Crippen LogP contribution is 2.19. The molecule has 0 radical (unpaired) electrons. The summed E-state index contributed by atoms with van der Waals surface area (Å²) < 4.78 is 0.963. The van der Waals surface area contributed by atoms with E-state index in [-0.39, 0.29) is 0 Å². The summed E-state index contributed by atoms with van der Waals surface area (Å²) in [5.41, 5.74) is 1.67. The molecule has 0 heterocycles. The number of benzene rings is 1. The molecule has 0 saturated heterocycles. The first-order chi connectivity index (χ1) is 6.50. The van der Waals surface area contributed by atoms with Crippen LogP contribution in [-0.4, -0.2) is 17.1 Å². The number of aliphatic hydroxyl groups excluding tert-OH is 1. The molecule has 1 rings (SSSR count). The van der Waals surface area contributed by atoms with Gasteiger partial charge in [-0.25, -0.2) is 0 Å². The molecule has 1 aromatic carbocycles. The number of anilines is 1. The van der Waals surface area contributed by atoms with E-state index in [0.29, 0.717) is 0 Å². The first-order valence-corrected chi connectivity index (χ1v) is 5.05. The Hall–Kier alpha value is -0.870. The number of aliphatic hydroxyl groups is 1. The van der Waals surface area contributed by atoms with Gasteiger partial charge in [-0.3, -0.25) is 4.79 Å². The molecule has 4 heteroatoms. The van der Waals surface area contributed by atoms with E-state index >= 15 is 0 Å². The SMILES string of the molecule is Cc1cc(Br)ccc1NC(=O)C(C)O. The number of carbonyl (C=O) groups is 1. The monoisotopic (exact) mass is 257 g/mol. The molecule has 1 atom stereocenters. The summed E-state index contributed by atoms with van der Waals surface area (Å²) in [6.07, 6.45) is -0.988. The van der Waals surface area contributed by atoms with Crippen molar-refractivity contribution in [3.8, 4) is 0 Å². The Balaban J connectivity index is 2.82. The van der Waals surface area contributed by atoms with Gasteiger partial charge in [0.05, 0.1) is 0 Å². The maximum absolute atomic E-state index is 11.2. The van der Waals surface area contributed by atoms with Gasteiger partial charge in [0.25, 0.3) is 5.91 Å². The number of nitrogens with one attached hydrogen (secondary N) is 1. The third-order valence-corrected chi connectivity index (χ3v) is 2.32. The van der Waals surface area contributed by atoms with E-state index in [1.54, 1.807) is 6.07 Å². The smallest absolute Gasteiger partial charge is 0.252 e. The predicted octanol–water partition coefficient (Wildman–Crippen LogP) is 2.08. The average molecular weight is 258 g/mol. The highest BCUT2D eigenvalue weighted by Gasteiger charge is 2.09. The zero-order valence-corrected chi connectivity index (χ0v) is 9.63. The van der Waals surface area contributed by atoms with E-state index in [2.05, 4.69) is 21.2 Å². The number of hydrogen-bond donors (Lipinski definition) is 2. The van der Waals surface area contributed by atoms with Crippen molar-refractivity contribution in [1.29, 1.82) is 0 Å². The van der Waals surface area contributed by atoms with Gasteiger partial charge < -0.3 is 10.4 Å². The van der Waals surface area contributed by atoms with E-state index in [1.165, 1.54) is 6.92 Å². The molecule has 1 aromatic rings. The molecule has 0 fully saturated rings. The van der Waals surface area contributed by atoms with Crippen LogP contribution in [0.25, 0.3) is 0 Å². The maximum Gasteiger partial charge on any atom is 0.252 e. The third-order valence-electron chi connectivity index (χ3n) is 1.83. The summed E-state index contributed by atoms with van der Waals surface area (Å²) in [7, 11) is 0. The minimum atomic E-state index is -0.988. The normalized spacial score (nSPS) is 12.3. The number of carbonyl (C=O) groups excluding carboxylic acids is 1. The van der Waals surface area contributed by atoms with Crippen molar-refractivity contribution in [1.82, 2.24) is 0 Å². The predicted molar refractivity (Wildman–Crippen MR) is 59.2 cm³/mol. The molecule has 1 unspecified atom stereocenters. The fourth-order valence-corrected chi connectivity index (χ4v) is 1.48. The Kier molecular flexibility index (Phi) is 3.66. The molecule has 0 aliphatic rings. The number of halogens is 1.